The van der Waals surface area contributed by atoms with Gasteiger partial charge in [-0.3, -0.25) is 19.8 Å². The van der Waals surface area contributed by atoms with Gasteiger partial charge in [0.05, 0.1) is 19.9 Å². The number of nitrogens with one attached hydrogen (secondary N) is 1. The highest BCUT2D eigenvalue weighted by Crippen LogP contribution is 2.31. The van der Waals surface area contributed by atoms with E-state index in [9.17, 15) is 14.4 Å². The molecular weight excluding hydrogens is 448 g/mol. The van der Waals surface area contributed by atoms with Crippen LogP contribution in [0.15, 0.2) is 70.9 Å². The van der Waals surface area contributed by atoms with Gasteiger partial charge in [-0.2, -0.15) is 0 Å². The Morgan fingerprint density at radius 2 is 1.88 bits per heavy atom. The average molecular weight is 467 g/mol. The van der Waals surface area contributed by atoms with Gasteiger partial charge in [0.1, 0.15) is 17.9 Å². The second-order valence-electron chi connectivity index (χ2n) is 7.08. The Bertz CT molecular complexity index is 1240. The monoisotopic (exact) mass is 466 g/mol. The van der Waals surface area contributed by atoms with E-state index >= 15 is 0 Å². The summed E-state index contributed by atoms with van der Waals surface area (Å²) >= 11 is 6.17. The fourth-order valence-corrected chi connectivity index (χ4v) is 3.42. The van der Waals surface area contributed by atoms with Crippen molar-refractivity contribution in [2.24, 2.45) is 0 Å². The molecule has 168 valence electrons. The molecule has 33 heavy (non-hydrogen) atoms. The SMILES string of the molecule is COc1cc(/C=C2\C(=O)NC(=O)N(Cc3ccco3)C2=O)ccc1OCc1ccccc1Cl. The van der Waals surface area contributed by atoms with E-state index in [-0.39, 0.29) is 18.7 Å². The van der Waals surface area contributed by atoms with Gasteiger partial charge in [0.2, 0.25) is 0 Å². The lowest BCUT2D eigenvalue weighted by Crippen LogP contribution is -2.53. The summed E-state index contributed by atoms with van der Waals surface area (Å²) in [5.41, 5.74) is 1.15. The summed E-state index contributed by atoms with van der Waals surface area (Å²) in [4.78, 5) is 38.3. The number of carbonyl (C=O) groups excluding carboxylic acids is 3. The quantitative estimate of drug-likeness (QED) is 0.414. The number of furan rings is 1. The van der Waals surface area contributed by atoms with Crippen LogP contribution in [0.3, 0.4) is 0 Å². The van der Waals surface area contributed by atoms with Crippen LogP contribution in [-0.2, 0) is 22.7 Å². The van der Waals surface area contributed by atoms with E-state index in [1.807, 2.05) is 18.2 Å². The maximum Gasteiger partial charge on any atom is 0.331 e. The minimum atomic E-state index is -0.806. The van der Waals surface area contributed by atoms with E-state index in [1.165, 1.54) is 19.4 Å². The number of barbiturate groups is 1. The number of hydrogen-bond acceptors (Lipinski definition) is 6. The fourth-order valence-electron chi connectivity index (χ4n) is 3.23. The first kappa shape index (κ1) is 22.2. The smallest absolute Gasteiger partial charge is 0.331 e. The van der Waals surface area contributed by atoms with Crippen molar-refractivity contribution in [2.75, 3.05) is 7.11 Å². The molecule has 0 radical (unpaired) electrons. The summed E-state index contributed by atoms with van der Waals surface area (Å²) in [6, 6.07) is 14.8. The van der Waals surface area contributed by atoms with Gasteiger partial charge in [0.25, 0.3) is 11.8 Å². The van der Waals surface area contributed by atoms with Crippen molar-refractivity contribution in [3.8, 4) is 11.5 Å². The Hall–Kier alpha value is -4.04. The summed E-state index contributed by atoms with van der Waals surface area (Å²) in [6.07, 6.45) is 2.82. The lowest BCUT2D eigenvalue weighted by atomic mass is 10.1. The number of hydrogen-bond donors (Lipinski definition) is 1. The molecule has 1 aliphatic rings. The molecule has 0 spiro atoms. The molecule has 1 aliphatic heterocycles. The molecule has 0 atom stereocenters. The van der Waals surface area contributed by atoms with E-state index in [0.717, 1.165) is 10.5 Å². The molecule has 4 rings (SSSR count). The molecule has 2 heterocycles. The van der Waals surface area contributed by atoms with Crippen LogP contribution in [0.4, 0.5) is 4.79 Å². The summed E-state index contributed by atoms with van der Waals surface area (Å²) in [5, 5.41) is 2.77. The predicted molar refractivity (Wildman–Crippen MR) is 120 cm³/mol. The van der Waals surface area contributed by atoms with Crippen molar-refractivity contribution in [2.45, 2.75) is 13.2 Å². The minimum absolute atomic E-state index is 0.0968. The summed E-state index contributed by atoms with van der Waals surface area (Å²) < 4.78 is 16.4. The lowest BCUT2D eigenvalue weighted by Gasteiger charge is -2.25. The fraction of sp³-hybridized carbons (Fsp3) is 0.125. The number of urea groups is 1. The van der Waals surface area contributed by atoms with Crippen LogP contribution < -0.4 is 14.8 Å². The standard InChI is InChI=1S/C24H19ClN2O6/c1-31-21-12-15(8-9-20(21)33-14-16-5-2-3-7-19(16)25)11-18-22(28)26-24(30)27(23(18)29)13-17-6-4-10-32-17/h2-12H,13-14H2,1H3,(H,26,28,30)/b18-11+. The second kappa shape index (κ2) is 9.62. The van der Waals surface area contributed by atoms with Gasteiger partial charge in [-0.25, -0.2) is 4.79 Å². The summed E-state index contributed by atoms with van der Waals surface area (Å²) in [7, 11) is 1.48. The van der Waals surface area contributed by atoms with Gasteiger partial charge >= 0.3 is 6.03 Å². The van der Waals surface area contributed by atoms with E-state index in [2.05, 4.69) is 5.32 Å². The molecule has 0 bridgehead atoms. The van der Waals surface area contributed by atoms with Crippen LogP contribution in [0.5, 0.6) is 11.5 Å². The van der Waals surface area contributed by atoms with Crippen LogP contribution in [0.1, 0.15) is 16.9 Å². The van der Waals surface area contributed by atoms with Crippen molar-refractivity contribution in [1.82, 2.24) is 10.2 Å². The van der Waals surface area contributed by atoms with E-state index in [4.69, 9.17) is 25.5 Å². The molecule has 1 aromatic heterocycles. The average Bonchev–Trinajstić information content (AvgIpc) is 3.32. The van der Waals surface area contributed by atoms with Crippen LogP contribution >= 0.6 is 11.6 Å². The predicted octanol–water partition coefficient (Wildman–Crippen LogP) is 4.18. The third kappa shape index (κ3) is 4.91. The van der Waals surface area contributed by atoms with E-state index in [1.54, 1.807) is 36.4 Å². The Kier molecular flexibility index (Phi) is 6.46. The van der Waals surface area contributed by atoms with Gasteiger partial charge < -0.3 is 13.9 Å². The van der Waals surface area contributed by atoms with Gasteiger partial charge in [-0.05, 0) is 42.0 Å². The normalized spacial score (nSPS) is 15.0. The third-order valence-corrected chi connectivity index (χ3v) is 5.29. The van der Waals surface area contributed by atoms with Gasteiger partial charge in [-0.1, -0.05) is 35.9 Å². The van der Waals surface area contributed by atoms with Crippen molar-refractivity contribution < 1.29 is 28.3 Å². The van der Waals surface area contributed by atoms with Crippen molar-refractivity contribution in [3.63, 3.8) is 0 Å². The Labute approximate surface area is 194 Å². The van der Waals surface area contributed by atoms with Gasteiger partial charge in [0, 0.05) is 10.6 Å². The molecule has 2 aromatic carbocycles. The maximum atomic E-state index is 12.9. The Morgan fingerprint density at radius 1 is 1.06 bits per heavy atom. The van der Waals surface area contributed by atoms with Crippen LogP contribution in [0.2, 0.25) is 5.02 Å². The third-order valence-electron chi connectivity index (χ3n) is 4.92. The number of imide groups is 2. The molecule has 4 amide bonds. The van der Waals surface area contributed by atoms with Gasteiger partial charge in [-0.15, -0.1) is 0 Å². The number of halogens is 1. The summed E-state index contributed by atoms with van der Waals surface area (Å²) in [5.74, 6) is -0.219. The van der Waals surface area contributed by atoms with Crippen LogP contribution in [-0.4, -0.2) is 29.9 Å². The molecule has 0 aliphatic carbocycles. The summed E-state index contributed by atoms with van der Waals surface area (Å²) in [6.45, 7) is 0.141. The number of benzene rings is 2. The zero-order valence-electron chi connectivity index (χ0n) is 17.5. The highest BCUT2D eigenvalue weighted by Gasteiger charge is 2.36. The number of nitrogens with zero attached hydrogens (tertiary/aromatic N) is 1. The van der Waals surface area contributed by atoms with Crippen LogP contribution in [0.25, 0.3) is 6.08 Å². The van der Waals surface area contributed by atoms with Crippen molar-refractivity contribution >= 4 is 35.5 Å². The first-order chi connectivity index (χ1) is 16.0. The van der Waals surface area contributed by atoms with Gasteiger partial charge in [0.15, 0.2) is 11.5 Å². The number of rotatable bonds is 7. The number of carbonyl (C=O) groups is 3. The molecule has 8 nitrogen and oxygen atoms in total. The highest BCUT2D eigenvalue weighted by atomic mass is 35.5. The molecule has 1 N–H and O–H groups in total. The molecule has 1 fully saturated rings. The second-order valence-corrected chi connectivity index (χ2v) is 7.49. The number of methoxy groups -OCH3 is 1. The van der Waals surface area contributed by atoms with E-state index in [0.29, 0.717) is 27.8 Å². The number of ether oxygens (including phenoxy) is 2. The molecule has 0 saturated carbocycles. The van der Waals surface area contributed by atoms with Crippen molar-refractivity contribution in [1.29, 1.82) is 0 Å². The molecule has 3 aromatic rings. The van der Waals surface area contributed by atoms with Crippen LogP contribution in [0, 0.1) is 0 Å². The highest BCUT2D eigenvalue weighted by molar-refractivity contribution is 6.31. The minimum Gasteiger partial charge on any atom is -0.493 e. The molecule has 9 heteroatoms. The zero-order chi connectivity index (χ0) is 23.4. The molecule has 0 unspecified atom stereocenters. The topological polar surface area (TPSA) is 98.1 Å². The first-order valence-corrected chi connectivity index (χ1v) is 10.3. The number of amides is 4. The molecular formula is C24H19ClN2O6. The first-order valence-electron chi connectivity index (χ1n) is 9.91. The van der Waals surface area contributed by atoms with E-state index < -0.39 is 17.8 Å². The maximum absolute atomic E-state index is 12.9. The van der Waals surface area contributed by atoms with Crippen molar-refractivity contribution in [3.05, 3.63) is 88.3 Å². The zero-order valence-corrected chi connectivity index (χ0v) is 18.3. The Morgan fingerprint density at radius 3 is 2.61 bits per heavy atom. The molecule has 1 saturated heterocycles. The largest absolute Gasteiger partial charge is 0.493 e. The lowest BCUT2D eigenvalue weighted by molar-refractivity contribution is -0.130. The Balaban J connectivity index is 1.55.